The van der Waals surface area contributed by atoms with Crippen molar-refractivity contribution in [3.8, 4) is 0 Å². The van der Waals surface area contributed by atoms with Crippen molar-refractivity contribution in [3.63, 3.8) is 0 Å². The van der Waals surface area contributed by atoms with E-state index in [1.807, 2.05) is 53.7 Å². The molecule has 2 heterocycles. The highest BCUT2D eigenvalue weighted by Crippen LogP contribution is 2.43. The van der Waals surface area contributed by atoms with E-state index in [0.29, 0.717) is 24.3 Å². The largest absolute Gasteiger partial charge is 0.598 e. The van der Waals surface area contributed by atoms with Crippen molar-refractivity contribution in [1.29, 1.82) is 0 Å². The van der Waals surface area contributed by atoms with E-state index >= 15 is 4.39 Å². The Kier molecular flexibility index (Phi) is 10.6. The number of carbonyl (C=O) groups excluding carboxylic acids is 1. The highest BCUT2D eigenvalue weighted by molar-refractivity contribution is 7.90. The number of ether oxygens (including phenoxy) is 2. The van der Waals surface area contributed by atoms with Crippen LogP contribution in [0.5, 0.6) is 0 Å². The Morgan fingerprint density at radius 1 is 1.16 bits per heavy atom. The summed E-state index contributed by atoms with van der Waals surface area (Å²) in [6.45, 7) is 11.4. The van der Waals surface area contributed by atoms with E-state index in [2.05, 4.69) is 15.0 Å². The van der Waals surface area contributed by atoms with Crippen LogP contribution in [0, 0.1) is 11.7 Å². The van der Waals surface area contributed by atoms with Crippen molar-refractivity contribution >= 4 is 23.0 Å². The molecule has 2 aromatic rings. The van der Waals surface area contributed by atoms with E-state index in [1.54, 1.807) is 31.6 Å². The molecule has 1 aromatic carbocycles. The maximum atomic E-state index is 15.4. The molecule has 238 valence electrons. The van der Waals surface area contributed by atoms with Gasteiger partial charge in [-0.1, -0.05) is 18.9 Å². The molecule has 5 atom stereocenters. The van der Waals surface area contributed by atoms with Gasteiger partial charge in [-0.05, 0) is 102 Å². The van der Waals surface area contributed by atoms with Crippen molar-refractivity contribution in [2.45, 2.75) is 108 Å². The number of aliphatic hydroxyl groups is 1. The summed E-state index contributed by atoms with van der Waals surface area (Å²) in [5, 5.41) is 13.6. The van der Waals surface area contributed by atoms with Crippen LogP contribution >= 0.6 is 0 Å². The van der Waals surface area contributed by atoms with Crippen LogP contribution in [0.1, 0.15) is 84.8 Å². The number of nitrogens with zero attached hydrogens (tertiary/aromatic N) is 2. The molecule has 11 heteroatoms. The van der Waals surface area contributed by atoms with Crippen LogP contribution in [0.4, 0.5) is 10.1 Å². The quantitative estimate of drug-likeness (QED) is 0.229. The zero-order valence-corrected chi connectivity index (χ0v) is 27.2. The fourth-order valence-corrected chi connectivity index (χ4v) is 6.34. The SMILES string of the molecule is CO[C@@H]1C[C@H](C(=O)Nc2cc(C(CCC3CC3)(N[S+]([O-])C(C)(C)C)c3ccncc3)ccc2F)N(C(O)OC(C)(C)C)C1. The van der Waals surface area contributed by atoms with Crippen molar-refractivity contribution in [3.05, 3.63) is 59.7 Å². The molecule has 1 saturated carbocycles. The molecular formula is C32H47FN4O5S. The van der Waals surface area contributed by atoms with Gasteiger partial charge in [-0.15, -0.1) is 4.72 Å². The Labute approximate surface area is 258 Å². The number of hydrogen-bond acceptors (Lipinski definition) is 8. The second-order valence-corrected chi connectivity index (χ2v) is 15.6. The molecule has 0 bridgehead atoms. The standard InChI is InChI=1S/C32H47FN4O5S/c1-30(2,3)42-29(39)37-20-24(41-7)19-27(37)28(38)35-26-18-23(10-11-25(26)33)32(15-12-21-8-9-21,22-13-16-34-17-14-22)36-43(40)31(4,5)6/h10-11,13-14,16-18,21,24,27,29,36,39H,8-9,12,15,19-20H2,1-7H3,(H,35,38)/t24-,27-,29?,32?,43?/m1/s1. The van der Waals surface area contributed by atoms with Crippen LogP contribution in [0.15, 0.2) is 42.7 Å². The van der Waals surface area contributed by atoms with Gasteiger partial charge in [0.05, 0.1) is 23.4 Å². The lowest BCUT2D eigenvalue weighted by atomic mass is 9.79. The average molecular weight is 619 g/mol. The van der Waals surface area contributed by atoms with Crippen molar-refractivity contribution < 1.29 is 28.3 Å². The monoisotopic (exact) mass is 618 g/mol. The van der Waals surface area contributed by atoms with Crippen molar-refractivity contribution in [1.82, 2.24) is 14.6 Å². The van der Waals surface area contributed by atoms with Crippen molar-refractivity contribution in [2.24, 2.45) is 5.92 Å². The van der Waals surface area contributed by atoms with Crippen LogP contribution in [-0.4, -0.2) is 68.0 Å². The minimum Gasteiger partial charge on any atom is -0.598 e. The molecule has 1 saturated heterocycles. The highest BCUT2D eigenvalue weighted by Gasteiger charge is 2.45. The molecule has 1 amide bonds. The number of aliphatic hydroxyl groups excluding tert-OH is 1. The van der Waals surface area contributed by atoms with Gasteiger partial charge in [-0.2, -0.15) is 0 Å². The van der Waals surface area contributed by atoms with Crippen LogP contribution in [0.3, 0.4) is 0 Å². The Bertz CT molecular complexity index is 1240. The van der Waals surface area contributed by atoms with Gasteiger partial charge in [0.1, 0.15) is 16.1 Å². The smallest absolute Gasteiger partial charge is 0.242 e. The number of pyridine rings is 1. The van der Waals surface area contributed by atoms with Crippen LogP contribution in [-0.2, 0) is 31.2 Å². The number of likely N-dealkylation sites (tertiary alicyclic amines) is 1. The van der Waals surface area contributed by atoms with Gasteiger partial charge in [0.2, 0.25) is 12.3 Å². The molecule has 1 aliphatic carbocycles. The topological polar surface area (TPSA) is 119 Å². The van der Waals surface area contributed by atoms with Crippen LogP contribution in [0.2, 0.25) is 0 Å². The number of halogens is 1. The molecule has 43 heavy (non-hydrogen) atoms. The summed E-state index contributed by atoms with van der Waals surface area (Å²) in [7, 11) is 1.55. The summed E-state index contributed by atoms with van der Waals surface area (Å²) in [5.74, 6) is -0.486. The maximum absolute atomic E-state index is 15.4. The Morgan fingerprint density at radius 2 is 1.84 bits per heavy atom. The first-order chi connectivity index (χ1) is 20.1. The molecular weight excluding hydrogens is 571 g/mol. The van der Waals surface area contributed by atoms with Gasteiger partial charge in [-0.3, -0.25) is 9.78 Å². The summed E-state index contributed by atoms with van der Waals surface area (Å²) in [4.78, 5) is 19.4. The number of rotatable bonds is 12. The maximum Gasteiger partial charge on any atom is 0.242 e. The second-order valence-electron chi connectivity index (χ2n) is 13.7. The lowest BCUT2D eigenvalue weighted by Gasteiger charge is -2.39. The molecule has 3 N–H and O–H groups in total. The summed E-state index contributed by atoms with van der Waals surface area (Å²) in [6, 6.07) is 7.62. The number of methoxy groups -OCH3 is 1. The Morgan fingerprint density at radius 3 is 2.42 bits per heavy atom. The zero-order valence-electron chi connectivity index (χ0n) is 26.4. The van der Waals surface area contributed by atoms with Crippen LogP contribution in [0.25, 0.3) is 0 Å². The normalized spacial score (nSPS) is 22.7. The van der Waals surface area contributed by atoms with E-state index in [4.69, 9.17) is 9.47 Å². The van der Waals surface area contributed by atoms with Crippen molar-refractivity contribution in [2.75, 3.05) is 19.0 Å². The molecule has 2 aliphatic rings. The first-order valence-electron chi connectivity index (χ1n) is 15.0. The summed E-state index contributed by atoms with van der Waals surface area (Å²) in [6.07, 6.45) is 5.90. The molecule has 3 unspecified atom stereocenters. The number of carbonyl (C=O) groups is 1. The number of amides is 1. The number of nitrogens with one attached hydrogen (secondary N) is 2. The Hall–Kier alpha value is -2.12. The molecule has 0 spiro atoms. The minimum absolute atomic E-state index is 0.00254. The first kappa shape index (κ1) is 33.8. The van der Waals surface area contributed by atoms with Gasteiger partial charge in [0.15, 0.2) is 0 Å². The zero-order chi connectivity index (χ0) is 31.6. The summed E-state index contributed by atoms with van der Waals surface area (Å²) in [5.41, 5.74) is -0.0283. The molecule has 1 aromatic heterocycles. The lowest BCUT2D eigenvalue weighted by molar-refractivity contribution is -0.242. The molecule has 0 radical (unpaired) electrons. The van der Waals surface area contributed by atoms with Crippen LogP contribution < -0.4 is 10.0 Å². The average Bonchev–Trinajstić information content (AvgIpc) is 3.66. The summed E-state index contributed by atoms with van der Waals surface area (Å²) >= 11 is -1.46. The first-order valence-corrected chi connectivity index (χ1v) is 16.1. The third-order valence-electron chi connectivity index (χ3n) is 8.02. The van der Waals surface area contributed by atoms with E-state index in [-0.39, 0.29) is 18.3 Å². The van der Waals surface area contributed by atoms with Gasteiger partial charge >= 0.3 is 0 Å². The van der Waals surface area contributed by atoms with Gasteiger partial charge < -0.3 is 24.4 Å². The second kappa shape index (κ2) is 13.5. The predicted molar refractivity (Wildman–Crippen MR) is 166 cm³/mol. The van der Waals surface area contributed by atoms with Gasteiger partial charge in [0.25, 0.3) is 0 Å². The molecule has 2 fully saturated rings. The van der Waals surface area contributed by atoms with E-state index in [1.165, 1.54) is 11.0 Å². The lowest BCUT2D eigenvalue weighted by Crippen LogP contribution is -2.52. The number of anilines is 1. The predicted octanol–water partition coefficient (Wildman–Crippen LogP) is 4.83. The molecule has 9 nitrogen and oxygen atoms in total. The minimum atomic E-state index is -1.46. The highest BCUT2D eigenvalue weighted by atomic mass is 32.2. The van der Waals surface area contributed by atoms with Gasteiger partial charge in [-0.25, -0.2) is 9.29 Å². The van der Waals surface area contributed by atoms with E-state index in [0.717, 1.165) is 24.8 Å². The fourth-order valence-electron chi connectivity index (χ4n) is 5.38. The number of hydrogen-bond donors (Lipinski definition) is 3. The molecule has 1 aliphatic heterocycles. The summed E-state index contributed by atoms with van der Waals surface area (Å²) < 4.78 is 43.1. The fraction of sp³-hybridized carbons (Fsp3) is 0.625. The molecule has 4 rings (SSSR count). The van der Waals surface area contributed by atoms with E-state index in [9.17, 15) is 14.5 Å². The van der Waals surface area contributed by atoms with E-state index < -0.39 is 51.4 Å². The third kappa shape index (κ3) is 8.54. The number of benzene rings is 1. The Balaban J connectivity index is 1.70. The third-order valence-corrected chi connectivity index (χ3v) is 9.66. The van der Waals surface area contributed by atoms with Gasteiger partial charge in [0, 0.05) is 37.4 Å². The number of aromatic nitrogens is 1.